The summed E-state index contributed by atoms with van der Waals surface area (Å²) in [5.74, 6) is -0.166. The van der Waals surface area contributed by atoms with Gasteiger partial charge in [-0.1, -0.05) is 24.5 Å². The molecule has 4 aromatic heterocycles. The van der Waals surface area contributed by atoms with E-state index < -0.39 is 68.8 Å². The van der Waals surface area contributed by atoms with Crippen LogP contribution in [0.3, 0.4) is 0 Å². The SMILES string of the molecule is Nc1nc2c(ncn2[C@@H]2O[C@@H]3CO[P@@](=O)(S)O[C@H]4[C@H](F)[C@H](n5ccc6c(N)ccnc65)O[C@@H]4CO[P@@](=O)(S)O[C@@H]2C3)c(=O)[nH]1. The topological polar surface area (TPSA) is 223 Å². The average Bonchev–Trinajstić information content (AvgIpc) is 3.72. The second kappa shape index (κ2) is 11.1. The maximum atomic E-state index is 16.0. The molecule has 3 aliphatic heterocycles. The highest BCUT2D eigenvalue weighted by Crippen LogP contribution is 2.60. The molecule has 0 saturated carbocycles. The molecule has 3 aliphatic rings. The Morgan fingerprint density at radius 2 is 1.75 bits per heavy atom. The van der Waals surface area contributed by atoms with Gasteiger partial charge in [-0.2, -0.15) is 4.98 Å². The van der Waals surface area contributed by atoms with Gasteiger partial charge in [0.2, 0.25) is 5.95 Å². The number of hydrogen-bond acceptors (Lipinski definition) is 14. The molecule has 0 amide bonds. The van der Waals surface area contributed by atoms with Crippen LogP contribution in [0.5, 0.6) is 0 Å². The summed E-state index contributed by atoms with van der Waals surface area (Å²) >= 11 is 8.20. The molecule has 7 rings (SSSR count). The number of thiol groups is 2. The van der Waals surface area contributed by atoms with Gasteiger partial charge in [0, 0.05) is 29.9 Å². The van der Waals surface area contributed by atoms with E-state index >= 15 is 4.39 Å². The molecule has 2 bridgehead atoms. The number of nitrogens with zero attached hydrogens (tertiary/aromatic N) is 5. The number of aromatic nitrogens is 6. The fourth-order valence-electron chi connectivity index (χ4n) is 5.48. The molecular formula is C22H25FN8O9P2S2. The number of aromatic amines is 1. The normalized spacial score (nSPS) is 36.6. The average molecular weight is 691 g/mol. The minimum absolute atomic E-state index is 0.0256. The second-order valence-corrected chi connectivity index (χ2v) is 16.0. The van der Waals surface area contributed by atoms with Gasteiger partial charge in [-0.05, 0) is 12.1 Å². The van der Waals surface area contributed by atoms with Crippen LogP contribution in [0.2, 0.25) is 0 Å². The third-order valence-corrected chi connectivity index (χ3v) is 10.7. The Bertz CT molecular complexity index is 1910. The number of halogens is 1. The van der Waals surface area contributed by atoms with Crippen LogP contribution in [0.1, 0.15) is 18.9 Å². The number of nitrogen functional groups attached to an aromatic ring is 2. The van der Waals surface area contributed by atoms with E-state index in [2.05, 4.69) is 44.4 Å². The summed E-state index contributed by atoms with van der Waals surface area (Å²) in [5, 5.41) is 0.567. The van der Waals surface area contributed by atoms with Crippen LogP contribution >= 0.6 is 38.1 Å². The van der Waals surface area contributed by atoms with E-state index in [0.29, 0.717) is 16.7 Å². The first-order valence-corrected chi connectivity index (χ1v) is 18.5. The van der Waals surface area contributed by atoms with Gasteiger partial charge in [-0.3, -0.25) is 32.4 Å². The van der Waals surface area contributed by atoms with Gasteiger partial charge in [0.1, 0.15) is 24.0 Å². The number of fused-ring (bicyclic) bond motifs is 5. The summed E-state index contributed by atoms with van der Waals surface area (Å²) in [6.07, 6.45) is -4.62. The molecule has 9 atom stereocenters. The monoisotopic (exact) mass is 690 g/mol. The van der Waals surface area contributed by atoms with Crippen molar-refractivity contribution in [1.82, 2.24) is 29.1 Å². The first kappa shape index (κ1) is 30.2. The van der Waals surface area contributed by atoms with E-state index in [1.807, 2.05) is 0 Å². The van der Waals surface area contributed by atoms with Crippen LogP contribution in [0.4, 0.5) is 16.0 Å². The molecule has 4 aromatic rings. The van der Waals surface area contributed by atoms with Crippen LogP contribution in [0.15, 0.2) is 35.6 Å². The Morgan fingerprint density at radius 1 is 0.977 bits per heavy atom. The van der Waals surface area contributed by atoms with Crippen LogP contribution in [-0.2, 0) is 36.7 Å². The highest BCUT2D eigenvalue weighted by Gasteiger charge is 2.52. The quantitative estimate of drug-likeness (QED) is 0.151. The van der Waals surface area contributed by atoms with Gasteiger partial charge in [-0.25, -0.2) is 23.5 Å². The Labute approximate surface area is 257 Å². The lowest BCUT2D eigenvalue weighted by Crippen LogP contribution is -2.33. The number of nitrogens with one attached hydrogen (secondary N) is 1. The molecule has 0 spiro atoms. The standard InChI is InChI=1S/C22H25FN8O9P2S2/c23-14-16-13(38-21(14)30-4-2-10-11(24)1-3-26-17(10)30)7-36-41(33,43)39-12-5-9(6-35-42(34,44)40-16)37-20(12)31-8-27-15-18(31)28-22(25)29-19(15)32/h1-4,8-9,12-14,16,20-21H,5-7H2,(H2,24,26)(H,33,43)(H,34,44)(H3,25,28,29,32)/t9-,12+,13+,14-,16+,20+,21+,41+,42+/m0/s1. The second-order valence-electron chi connectivity index (χ2n) is 10.3. The molecule has 0 radical (unpaired) electrons. The number of H-pyrrole nitrogens is 1. The van der Waals surface area contributed by atoms with Gasteiger partial charge >= 0.3 is 13.6 Å². The summed E-state index contributed by atoms with van der Waals surface area (Å²) in [6.45, 7) is -9.34. The van der Waals surface area contributed by atoms with Crippen molar-refractivity contribution in [2.45, 2.75) is 49.5 Å². The molecule has 5 N–H and O–H groups in total. The molecular weight excluding hydrogens is 665 g/mol. The van der Waals surface area contributed by atoms with E-state index in [0.717, 1.165) is 0 Å². The van der Waals surface area contributed by atoms with Crippen molar-refractivity contribution in [2.75, 3.05) is 24.7 Å². The van der Waals surface area contributed by atoms with Crippen LogP contribution in [0, 0.1) is 0 Å². The van der Waals surface area contributed by atoms with Crippen molar-refractivity contribution in [3.05, 3.63) is 41.2 Å². The van der Waals surface area contributed by atoms with Gasteiger partial charge in [0.25, 0.3) is 5.56 Å². The van der Waals surface area contributed by atoms with Crippen LogP contribution in [0.25, 0.3) is 22.2 Å². The van der Waals surface area contributed by atoms with E-state index in [-0.39, 0.29) is 30.1 Å². The van der Waals surface area contributed by atoms with Crippen LogP contribution < -0.4 is 17.0 Å². The largest absolute Gasteiger partial charge is 0.398 e. The van der Waals surface area contributed by atoms with E-state index in [9.17, 15) is 13.9 Å². The van der Waals surface area contributed by atoms with Crippen molar-refractivity contribution >= 4 is 71.9 Å². The Hall–Kier alpha value is -2.51. The van der Waals surface area contributed by atoms with Gasteiger partial charge in [0.15, 0.2) is 29.8 Å². The lowest BCUT2D eigenvalue weighted by atomic mass is 10.1. The third-order valence-electron chi connectivity index (χ3n) is 7.41. The first-order valence-electron chi connectivity index (χ1n) is 13.1. The molecule has 0 aliphatic carbocycles. The minimum atomic E-state index is -4.24. The smallest absolute Gasteiger partial charge is 0.386 e. The number of imidazole rings is 1. The summed E-state index contributed by atoms with van der Waals surface area (Å²) in [5.41, 5.74) is 12.0. The maximum absolute atomic E-state index is 16.0. The number of alkyl halides is 1. The number of hydrogen-bond donors (Lipinski definition) is 5. The number of ether oxygens (including phenoxy) is 2. The lowest BCUT2D eigenvalue weighted by molar-refractivity contribution is -0.0560. The molecule has 3 fully saturated rings. The molecule has 0 aromatic carbocycles. The fraction of sp³-hybridized carbons (Fsp3) is 0.455. The van der Waals surface area contributed by atoms with Crippen molar-refractivity contribution in [3.8, 4) is 0 Å². The predicted octanol–water partition coefficient (Wildman–Crippen LogP) is 2.75. The molecule has 0 unspecified atom stereocenters. The van der Waals surface area contributed by atoms with Crippen LogP contribution in [-0.4, -0.2) is 72.9 Å². The Balaban J connectivity index is 1.19. The zero-order valence-electron chi connectivity index (χ0n) is 22.3. The summed E-state index contributed by atoms with van der Waals surface area (Å²) < 4.78 is 80.1. The van der Waals surface area contributed by atoms with Crippen molar-refractivity contribution < 1.29 is 41.1 Å². The summed E-state index contributed by atoms with van der Waals surface area (Å²) in [4.78, 5) is 27.1. The highest BCUT2D eigenvalue weighted by molar-refractivity contribution is 8.44. The Kier molecular flexibility index (Phi) is 7.59. The minimum Gasteiger partial charge on any atom is -0.398 e. The first-order chi connectivity index (χ1) is 20.9. The van der Waals surface area contributed by atoms with Crippen molar-refractivity contribution in [2.24, 2.45) is 0 Å². The molecule has 44 heavy (non-hydrogen) atoms. The molecule has 3 saturated heterocycles. The zero-order valence-corrected chi connectivity index (χ0v) is 25.9. The number of nitrogens with two attached hydrogens (primary N) is 2. The Morgan fingerprint density at radius 3 is 2.57 bits per heavy atom. The van der Waals surface area contributed by atoms with Gasteiger partial charge in [0.05, 0.1) is 25.6 Å². The predicted molar refractivity (Wildman–Crippen MR) is 159 cm³/mol. The number of rotatable bonds is 2. The number of anilines is 2. The maximum Gasteiger partial charge on any atom is 0.386 e. The fourth-order valence-corrected chi connectivity index (χ4v) is 8.48. The third kappa shape index (κ3) is 5.46. The van der Waals surface area contributed by atoms with E-state index in [1.54, 1.807) is 18.3 Å². The van der Waals surface area contributed by atoms with Crippen molar-refractivity contribution in [3.63, 3.8) is 0 Å². The summed E-state index contributed by atoms with van der Waals surface area (Å²) in [6, 6.07) is 3.25. The summed E-state index contributed by atoms with van der Waals surface area (Å²) in [7, 11) is 0. The van der Waals surface area contributed by atoms with Crippen molar-refractivity contribution in [1.29, 1.82) is 0 Å². The lowest BCUT2D eigenvalue weighted by Gasteiger charge is -2.26. The number of pyridine rings is 1. The van der Waals surface area contributed by atoms with E-state index in [4.69, 9.17) is 39.0 Å². The van der Waals surface area contributed by atoms with Gasteiger partial charge < -0.3 is 25.5 Å². The molecule has 236 valence electrons. The molecule has 7 heterocycles. The molecule has 22 heteroatoms. The van der Waals surface area contributed by atoms with E-state index in [1.165, 1.54) is 21.7 Å². The highest BCUT2D eigenvalue weighted by atomic mass is 32.7. The molecule has 17 nitrogen and oxygen atoms in total. The van der Waals surface area contributed by atoms with Gasteiger partial charge in [-0.15, -0.1) is 0 Å². The zero-order chi connectivity index (χ0) is 31.0.